The molecule has 0 aliphatic heterocycles. The predicted molar refractivity (Wildman–Crippen MR) is 51.8 cm³/mol. The molecular formula is C8H5Cl2N3. The molecule has 0 amide bonds. The van der Waals surface area contributed by atoms with Gasteiger partial charge in [-0.25, -0.2) is 9.97 Å². The van der Waals surface area contributed by atoms with Crippen molar-refractivity contribution in [3.05, 3.63) is 34.7 Å². The Balaban J connectivity index is 2.49. The van der Waals surface area contributed by atoms with Gasteiger partial charge in [-0.15, -0.1) is 0 Å². The van der Waals surface area contributed by atoms with Crippen LogP contribution in [-0.4, -0.2) is 15.0 Å². The topological polar surface area (TPSA) is 41.6 Å². The highest BCUT2D eigenvalue weighted by atomic mass is 35.5. The summed E-state index contributed by atoms with van der Waals surface area (Å²) >= 11 is 11.4. The van der Waals surface area contributed by atoms with Crippen molar-refractivity contribution in [2.24, 2.45) is 0 Å². The fourth-order valence-corrected chi connectivity index (χ4v) is 1.17. The first-order valence-corrected chi connectivity index (χ1v) is 4.35. The SMILES string of the molecule is Clc1cnc(-c2ccc[nH]2)nc1Cl. The number of rotatable bonds is 1. The molecule has 0 atom stereocenters. The summed E-state index contributed by atoms with van der Waals surface area (Å²) in [6.45, 7) is 0. The van der Waals surface area contributed by atoms with Gasteiger partial charge < -0.3 is 4.98 Å². The van der Waals surface area contributed by atoms with Crippen molar-refractivity contribution in [3.63, 3.8) is 0 Å². The summed E-state index contributed by atoms with van der Waals surface area (Å²) in [6.07, 6.45) is 3.27. The van der Waals surface area contributed by atoms with Crippen LogP contribution in [0, 0.1) is 0 Å². The minimum absolute atomic E-state index is 0.265. The molecule has 0 spiro atoms. The van der Waals surface area contributed by atoms with Crippen molar-refractivity contribution in [3.8, 4) is 11.5 Å². The predicted octanol–water partition coefficient (Wildman–Crippen LogP) is 2.78. The molecule has 0 radical (unpaired) electrons. The molecule has 0 fully saturated rings. The average Bonchev–Trinajstić information content (AvgIpc) is 2.62. The molecule has 2 aromatic heterocycles. The van der Waals surface area contributed by atoms with Crippen LogP contribution in [0.15, 0.2) is 24.5 Å². The summed E-state index contributed by atoms with van der Waals surface area (Å²) in [7, 11) is 0. The van der Waals surface area contributed by atoms with E-state index in [1.165, 1.54) is 6.20 Å². The number of nitrogens with zero attached hydrogens (tertiary/aromatic N) is 2. The molecule has 2 rings (SSSR count). The number of nitrogens with one attached hydrogen (secondary N) is 1. The Hall–Kier alpha value is -1.06. The van der Waals surface area contributed by atoms with Gasteiger partial charge in [-0.3, -0.25) is 0 Å². The monoisotopic (exact) mass is 213 g/mol. The summed E-state index contributed by atoms with van der Waals surface area (Å²) < 4.78 is 0. The highest BCUT2D eigenvalue weighted by Crippen LogP contribution is 2.21. The Morgan fingerprint density at radius 3 is 2.77 bits per heavy atom. The van der Waals surface area contributed by atoms with E-state index in [-0.39, 0.29) is 5.15 Å². The molecule has 0 saturated heterocycles. The van der Waals surface area contributed by atoms with Crippen LogP contribution < -0.4 is 0 Å². The van der Waals surface area contributed by atoms with Crippen LogP contribution in [0.1, 0.15) is 0 Å². The second-order valence-corrected chi connectivity index (χ2v) is 3.18. The highest BCUT2D eigenvalue weighted by molar-refractivity contribution is 6.41. The molecule has 0 aromatic carbocycles. The summed E-state index contributed by atoms with van der Waals surface area (Å²) in [5.74, 6) is 0.541. The first kappa shape index (κ1) is 8.53. The van der Waals surface area contributed by atoms with Crippen LogP contribution in [-0.2, 0) is 0 Å². The van der Waals surface area contributed by atoms with E-state index in [1.54, 1.807) is 6.20 Å². The van der Waals surface area contributed by atoms with Gasteiger partial charge in [-0.05, 0) is 12.1 Å². The summed E-state index contributed by atoms with van der Waals surface area (Å²) in [6, 6.07) is 3.72. The van der Waals surface area contributed by atoms with Crippen molar-refractivity contribution in [1.29, 1.82) is 0 Å². The lowest BCUT2D eigenvalue weighted by molar-refractivity contribution is 1.15. The van der Waals surface area contributed by atoms with E-state index in [9.17, 15) is 0 Å². The lowest BCUT2D eigenvalue weighted by Crippen LogP contribution is -1.89. The molecule has 2 aromatic rings. The van der Waals surface area contributed by atoms with E-state index in [1.807, 2.05) is 12.1 Å². The van der Waals surface area contributed by atoms with E-state index in [0.717, 1.165) is 5.69 Å². The molecule has 5 heteroatoms. The largest absolute Gasteiger partial charge is 0.359 e. The number of halogens is 2. The minimum Gasteiger partial charge on any atom is -0.359 e. The smallest absolute Gasteiger partial charge is 0.177 e. The Bertz CT molecular complexity index is 411. The van der Waals surface area contributed by atoms with E-state index >= 15 is 0 Å². The molecular weight excluding hydrogens is 209 g/mol. The Kier molecular flexibility index (Phi) is 2.20. The maximum absolute atomic E-state index is 5.73. The third-order valence-corrected chi connectivity index (χ3v) is 2.20. The first-order chi connectivity index (χ1) is 6.27. The maximum atomic E-state index is 5.73. The maximum Gasteiger partial charge on any atom is 0.177 e. The van der Waals surface area contributed by atoms with Crippen molar-refractivity contribution in [2.45, 2.75) is 0 Å². The zero-order chi connectivity index (χ0) is 9.26. The molecule has 0 saturated carbocycles. The van der Waals surface area contributed by atoms with E-state index < -0.39 is 0 Å². The van der Waals surface area contributed by atoms with Gasteiger partial charge in [0.25, 0.3) is 0 Å². The van der Waals surface area contributed by atoms with Crippen LogP contribution in [0.3, 0.4) is 0 Å². The zero-order valence-electron chi connectivity index (χ0n) is 6.46. The highest BCUT2D eigenvalue weighted by Gasteiger charge is 2.04. The molecule has 13 heavy (non-hydrogen) atoms. The lowest BCUT2D eigenvalue weighted by Gasteiger charge is -1.97. The van der Waals surface area contributed by atoms with E-state index in [2.05, 4.69) is 15.0 Å². The summed E-state index contributed by atoms with van der Waals surface area (Å²) in [5.41, 5.74) is 0.818. The van der Waals surface area contributed by atoms with Gasteiger partial charge >= 0.3 is 0 Å². The van der Waals surface area contributed by atoms with Crippen molar-refractivity contribution >= 4 is 23.2 Å². The molecule has 66 valence electrons. The molecule has 0 aliphatic carbocycles. The molecule has 0 unspecified atom stereocenters. The van der Waals surface area contributed by atoms with Gasteiger partial charge in [0.05, 0.1) is 16.9 Å². The number of H-pyrrole nitrogens is 1. The Morgan fingerprint density at radius 2 is 2.15 bits per heavy atom. The Labute approximate surface area is 84.7 Å². The molecule has 0 aliphatic rings. The first-order valence-electron chi connectivity index (χ1n) is 3.59. The van der Waals surface area contributed by atoms with Crippen LogP contribution in [0.2, 0.25) is 10.2 Å². The van der Waals surface area contributed by atoms with E-state index in [0.29, 0.717) is 10.8 Å². The molecule has 1 N–H and O–H groups in total. The number of aromatic amines is 1. The number of aromatic nitrogens is 3. The van der Waals surface area contributed by atoms with Crippen LogP contribution >= 0.6 is 23.2 Å². The third-order valence-electron chi connectivity index (χ3n) is 1.54. The van der Waals surface area contributed by atoms with Crippen molar-refractivity contribution < 1.29 is 0 Å². The van der Waals surface area contributed by atoms with Crippen LogP contribution in [0.4, 0.5) is 0 Å². The van der Waals surface area contributed by atoms with Crippen molar-refractivity contribution in [2.75, 3.05) is 0 Å². The second kappa shape index (κ2) is 3.36. The number of hydrogen-bond donors (Lipinski definition) is 1. The standard InChI is InChI=1S/C8H5Cl2N3/c9-5-4-12-8(13-7(5)10)6-2-1-3-11-6/h1-4,11H. The van der Waals surface area contributed by atoms with Gasteiger partial charge in [-0.2, -0.15) is 0 Å². The molecule has 2 heterocycles. The Morgan fingerprint density at radius 1 is 1.31 bits per heavy atom. The average molecular weight is 214 g/mol. The minimum atomic E-state index is 0.265. The fraction of sp³-hybridized carbons (Fsp3) is 0. The lowest BCUT2D eigenvalue weighted by atomic mass is 10.4. The normalized spacial score (nSPS) is 10.3. The van der Waals surface area contributed by atoms with Gasteiger partial charge in [0.15, 0.2) is 11.0 Å². The van der Waals surface area contributed by atoms with Gasteiger partial charge in [0.1, 0.15) is 0 Å². The molecule has 3 nitrogen and oxygen atoms in total. The van der Waals surface area contributed by atoms with E-state index in [4.69, 9.17) is 23.2 Å². The summed E-state index contributed by atoms with van der Waals surface area (Å²) in [5, 5.41) is 0.623. The van der Waals surface area contributed by atoms with Crippen molar-refractivity contribution in [1.82, 2.24) is 15.0 Å². The van der Waals surface area contributed by atoms with Crippen LogP contribution in [0.5, 0.6) is 0 Å². The van der Waals surface area contributed by atoms with Gasteiger partial charge in [0.2, 0.25) is 0 Å². The molecule has 0 bridgehead atoms. The zero-order valence-corrected chi connectivity index (χ0v) is 7.97. The van der Waals surface area contributed by atoms with Gasteiger partial charge in [0, 0.05) is 6.20 Å². The quantitative estimate of drug-likeness (QED) is 0.741. The van der Waals surface area contributed by atoms with Crippen LogP contribution in [0.25, 0.3) is 11.5 Å². The fourth-order valence-electron chi connectivity index (χ4n) is 0.946. The van der Waals surface area contributed by atoms with Gasteiger partial charge in [-0.1, -0.05) is 23.2 Å². The summed E-state index contributed by atoms with van der Waals surface area (Å²) in [4.78, 5) is 11.0. The number of hydrogen-bond acceptors (Lipinski definition) is 2. The third kappa shape index (κ3) is 1.66. The second-order valence-electron chi connectivity index (χ2n) is 2.42.